The number of halogens is 3. The Morgan fingerprint density at radius 2 is 1.47 bits per heavy atom. The zero-order valence-electron chi connectivity index (χ0n) is 18.5. The van der Waals surface area contributed by atoms with Gasteiger partial charge in [-0.1, -0.05) is 12.1 Å². The minimum Gasteiger partial charge on any atom is -0.354 e. The summed E-state index contributed by atoms with van der Waals surface area (Å²) in [6.45, 7) is 8.12. The van der Waals surface area contributed by atoms with E-state index in [1.165, 1.54) is 38.3 Å². The maximum absolute atomic E-state index is 13.3. The Bertz CT molecular complexity index is 1110. The monoisotopic (exact) mass is 452 g/mol. The number of benzene rings is 1. The molecule has 3 rings (SSSR count). The first-order valence-electron chi connectivity index (χ1n) is 10.5. The second-order valence-corrected chi connectivity index (χ2v) is 8.37. The van der Waals surface area contributed by atoms with E-state index < -0.39 is 28.9 Å². The summed E-state index contributed by atoms with van der Waals surface area (Å²) in [5.41, 5.74) is -2.16. The highest BCUT2D eigenvalue weighted by atomic mass is 19.4. The quantitative estimate of drug-likeness (QED) is 0.715. The summed E-state index contributed by atoms with van der Waals surface area (Å²) in [7, 11) is 0. The molecule has 1 aliphatic heterocycles. The molecule has 0 atom stereocenters. The van der Waals surface area contributed by atoms with Gasteiger partial charge in [0.15, 0.2) is 0 Å². The van der Waals surface area contributed by atoms with E-state index in [1.54, 1.807) is 13.8 Å². The number of aromatic nitrogens is 2. The van der Waals surface area contributed by atoms with Crippen molar-refractivity contribution in [3.63, 3.8) is 0 Å². The Morgan fingerprint density at radius 3 is 2.00 bits per heavy atom. The van der Waals surface area contributed by atoms with Crippen LogP contribution in [0.5, 0.6) is 0 Å². The molecule has 0 saturated carbocycles. The van der Waals surface area contributed by atoms with Crippen molar-refractivity contribution in [1.82, 2.24) is 14.0 Å². The van der Waals surface area contributed by atoms with Gasteiger partial charge in [0.25, 0.3) is 11.5 Å². The lowest BCUT2D eigenvalue weighted by Gasteiger charge is -2.37. The fourth-order valence-electron chi connectivity index (χ4n) is 3.99. The normalized spacial score (nSPS) is 15.0. The van der Waals surface area contributed by atoms with Gasteiger partial charge >= 0.3 is 11.9 Å². The number of anilines is 1. The zero-order valence-corrected chi connectivity index (χ0v) is 18.5. The third-order valence-electron chi connectivity index (χ3n) is 5.54. The third-order valence-corrected chi connectivity index (χ3v) is 5.54. The van der Waals surface area contributed by atoms with Crippen LogP contribution in [0.4, 0.5) is 19.0 Å². The first-order valence-corrected chi connectivity index (χ1v) is 10.5. The van der Waals surface area contributed by atoms with Crippen LogP contribution < -0.4 is 16.1 Å². The number of carbonyl (C=O) groups excluding carboxylic acids is 1. The van der Waals surface area contributed by atoms with Crippen molar-refractivity contribution in [2.45, 2.75) is 46.0 Å². The summed E-state index contributed by atoms with van der Waals surface area (Å²) >= 11 is 0. The van der Waals surface area contributed by atoms with Crippen molar-refractivity contribution in [3.8, 4) is 0 Å². The van der Waals surface area contributed by atoms with Gasteiger partial charge in [-0.15, -0.1) is 0 Å². The molecular weight excluding hydrogens is 425 g/mol. The molecule has 0 N–H and O–H groups in total. The Labute approximate surface area is 183 Å². The van der Waals surface area contributed by atoms with Crippen LogP contribution in [0.15, 0.2) is 39.9 Å². The van der Waals surface area contributed by atoms with Crippen molar-refractivity contribution >= 4 is 11.7 Å². The molecule has 1 aliphatic rings. The minimum absolute atomic E-state index is 0.171. The number of rotatable bonds is 4. The van der Waals surface area contributed by atoms with Crippen LogP contribution in [0.25, 0.3) is 0 Å². The number of amides is 1. The molecule has 174 valence electrons. The fraction of sp³-hybridized carbons (Fsp3) is 0.500. The highest BCUT2D eigenvalue weighted by molar-refractivity contribution is 5.96. The van der Waals surface area contributed by atoms with Gasteiger partial charge < -0.3 is 9.80 Å². The van der Waals surface area contributed by atoms with E-state index in [0.29, 0.717) is 5.82 Å². The molecule has 0 radical (unpaired) electrons. The SMILES string of the molecule is CC(C)n1c(N2CCN(C(=O)c3ccccc3C(F)(F)F)CC2)cc(=O)n(C(C)C)c1=O. The molecule has 0 unspecified atom stereocenters. The highest BCUT2D eigenvalue weighted by Gasteiger charge is 2.36. The standard InChI is InChI=1S/C22H27F3N4O3/c1-14(2)28-18(13-19(30)29(15(3)4)21(28)32)26-9-11-27(12-10-26)20(31)16-7-5-6-8-17(16)22(23,24)25/h5-8,13-15H,9-12H2,1-4H3. The van der Waals surface area contributed by atoms with E-state index in [4.69, 9.17) is 0 Å². The molecule has 1 aromatic heterocycles. The molecule has 0 spiro atoms. The number of nitrogens with zero attached hydrogens (tertiary/aromatic N) is 4. The molecule has 1 aromatic carbocycles. The van der Waals surface area contributed by atoms with Gasteiger partial charge in [0.05, 0.1) is 11.1 Å². The van der Waals surface area contributed by atoms with Crippen LogP contribution in [-0.4, -0.2) is 46.1 Å². The molecule has 0 aliphatic carbocycles. The Morgan fingerprint density at radius 1 is 0.906 bits per heavy atom. The van der Waals surface area contributed by atoms with Crippen molar-refractivity contribution in [2.75, 3.05) is 31.1 Å². The lowest BCUT2D eigenvalue weighted by molar-refractivity contribution is -0.138. The van der Waals surface area contributed by atoms with Gasteiger partial charge in [-0.05, 0) is 39.8 Å². The molecule has 2 heterocycles. The van der Waals surface area contributed by atoms with E-state index in [1.807, 2.05) is 18.7 Å². The van der Waals surface area contributed by atoms with Crippen LogP contribution in [0, 0.1) is 0 Å². The number of alkyl halides is 3. The molecule has 2 aromatic rings. The van der Waals surface area contributed by atoms with Gasteiger partial charge in [0.1, 0.15) is 5.82 Å². The van der Waals surface area contributed by atoms with E-state index >= 15 is 0 Å². The van der Waals surface area contributed by atoms with Gasteiger partial charge in [0.2, 0.25) is 0 Å². The topological polar surface area (TPSA) is 67.5 Å². The van der Waals surface area contributed by atoms with Crippen LogP contribution in [-0.2, 0) is 6.18 Å². The van der Waals surface area contributed by atoms with Crippen molar-refractivity contribution in [2.24, 2.45) is 0 Å². The molecule has 1 fully saturated rings. The lowest BCUT2D eigenvalue weighted by atomic mass is 10.1. The average Bonchev–Trinajstić information content (AvgIpc) is 2.71. The summed E-state index contributed by atoms with van der Waals surface area (Å²) < 4.78 is 42.6. The third kappa shape index (κ3) is 4.44. The maximum atomic E-state index is 13.3. The van der Waals surface area contributed by atoms with Crippen LogP contribution in [0.3, 0.4) is 0 Å². The summed E-state index contributed by atoms with van der Waals surface area (Å²) in [6, 6.07) is 5.65. The van der Waals surface area contributed by atoms with Crippen LogP contribution in [0.1, 0.15) is 55.7 Å². The maximum Gasteiger partial charge on any atom is 0.417 e. The highest BCUT2D eigenvalue weighted by Crippen LogP contribution is 2.32. The number of carbonyl (C=O) groups is 1. The summed E-state index contributed by atoms with van der Waals surface area (Å²) in [4.78, 5) is 41.5. The first kappa shape index (κ1) is 23.6. The summed E-state index contributed by atoms with van der Waals surface area (Å²) in [5.74, 6) is -0.233. The Kier molecular flexibility index (Phi) is 6.52. The van der Waals surface area contributed by atoms with Crippen LogP contribution in [0.2, 0.25) is 0 Å². The second-order valence-electron chi connectivity index (χ2n) is 8.37. The van der Waals surface area contributed by atoms with Gasteiger partial charge in [-0.2, -0.15) is 13.2 Å². The van der Waals surface area contributed by atoms with E-state index in [0.717, 1.165) is 6.07 Å². The predicted octanol–water partition coefficient (Wildman–Crippen LogP) is 3.15. The smallest absolute Gasteiger partial charge is 0.354 e. The average molecular weight is 452 g/mol. The summed E-state index contributed by atoms with van der Waals surface area (Å²) in [5, 5.41) is 0. The Balaban J connectivity index is 1.87. The Hall–Kier alpha value is -3.04. The molecule has 7 nitrogen and oxygen atoms in total. The van der Waals surface area contributed by atoms with E-state index in [9.17, 15) is 27.6 Å². The van der Waals surface area contributed by atoms with Crippen molar-refractivity contribution in [3.05, 3.63) is 62.3 Å². The molecule has 0 bridgehead atoms. The number of hydrogen-bond donors (Lipinski definition) is 0. The molecule has 1 saturated heterocycles. The lowest BCUT2D eigenvalue weighted by Crippen LogP contribution is -2.52. The number of hydrogen-bond acceptors (Lipinski definition) is 4. The molecule has 1 amide bonds. The van der Waals surface area contributed by atoms with Crippen LogP contribution >= 0.6 is 0 Å². The van der Waals surface area contributed by atoms with Gasteiger partial charge in [-0.25, -0.2) is 4.79 Å². The van der Waals surface area contributed by atoms with E-state index in [-0.39, 0.29) is 43.8 Å². The first-order chi connectivity index (χ1) is 14.9. The van der Waals surface area contributed by atoms with Gasteiger partial charge in [0, 0.05) is 44.3 Å². The van der Waals surface area contributed by atoms with Crippen molar-refractivity contribution in [1.29, 1.82) is 0 Å². The van der Waals surface area contributed by atoms with Crippen molar-refractivity contribution < 1.29 is 18.0 Å². The molecule has 32 heavy (non-hydrogen) atoms. The van der Waals surface area contributed by atoms with E-state index in [2.05, 4.69) is 0 Å². The predicted molar refractivity (Wildman–Crippen MR) is 115 cm³/mol. The zero-order chi connectivity index (χ0) is 23.8. The molecule has 10 heteroatoms. The second kappa shape index (κ2) is 8.84. The minimum atomic E-state index is -4.62. The van der Waals surface area contributed by atoms with Gasteiger partial charge in [-0.3, -0.25) is 18.7 Å². The fourth-order valence-corrected chi connectivity index (χ4v) is 3.99. The number of piperazine rings is 1. The largest absolute Gasteiger partial charge is 0.417 e. The molecular formula is C22H27F3N4O3. The summed E-state index contributed by atoms with van der Waals surface area (Å²) in [6.07, 6.45) is -4.62.